The number of benzene rings is 1. The minimum Gasteiger partial charge on any atom is -0.370 e. The first-order valence-corrected chi connectivity index (χ1v) is 6.62. The second kappa shape index (κ2) is 6.07. The third-order valence-corrected chi connectivity index (χ3v) is 2.97. The normalized spacial score (nSPS) is 10.3. The molecule has 104 valence electrons. The van der Waals surface area contributed by atoms with Gasteiger partial charge >= 0.3 is 0 Å². The van der Waals surface area contributed by atoms with Gasteiger partial charge in [-0.2, -0.15) is 0 Å². The van der Waals surface area contributed by atoms with E-state index in [4.69, 9.17) is 23.2 Å². The lowest BCUT2D eigenvalue weighted by molar-refractivity contribution is -0.384. The van der Waals surface area contributed by atoms with Crippen LogP contribution < -0.4 is 5.32 Å². The summed E-state index contributed by atoms with van der Waals surface area (Å²) >= 11 is 11.9. The van der Waals surface area contributed by atoms with Gasteiger partial charge in [0, 0.05) is 28.2 Å². The highest BCUT2D eigenvalue weighted by atomic mass is 35.5. The average molecular weight is 312 g/mol. The highest BCUT2D eigenvalue weighted by Crippen LogP contribution is 2.29. The van der Waals surface area contributed by atoms with Crippen molar-refractivity contribution in [3.63, 3.8) is 0 Å². The number of rotatable bonds is 4. The van der Waals surface area contributed by atoms with Gasteiger partial charge in [-0.3, -0.25) is 10.1 Å². The summed E-state index contributed by atoms with van der Waals surface area (Å²) in [6.45, 7) is 2.50. The number of aromatic nitrogens is 1. The molecule has 0 bridgehead atoms. The number of hydrogen-bond acceptors (Lipinski definition) is 4. The monoisotopic (exact) mass is 311 g/mol. The minimum absolute atomic E-state index is 0.0398. The first kappa shape index (κ1) is 14.6. The maximum absolute atomic E-state index is 11.0. The summed E-state index contributed by atoms with van der Waals surface area (Å²) in [5, 5.41) is 14.8. The van der Waals surface area contributed by atoms with Crippen molar-refractivity contribution < 1.29 is 4.92 Å². The molecule has 20 heavy (non-hydrogen) atoms. The number of halogens is 2. The molecular weight excluding hydrogens is 301 g/mol. The summed E-state index contributed by atoms with van der Waals surface area (Å²) < 4.78 is 0. The maximum Gasteiger partial charge on any atom is 0.275 e. The predicted octanol–water partition coefficient (Wildman–Crippen LogP) is 4.40. The number of hydrogen-bond donors (Lipinski definition) is 1. The van der Waals surface area contributed by atoms with Crippen LogP contribution in [0.1, 0.15) is 6.92 Å². The van der Waals surface area contributed by atoms with E-state index in [2.05, 4.69) is 10.3 Å². The summed E-state index contributed by atoms with van der Waals surface area (Å²) in [6.07, 6.45) is 0. The SMILES string of the molecule is CCNc1cc([N+](=O)[O-])cc(-c2cc(Cl)cc(Cl)c2)n1. The molecule has 0 amide bonds. The largest absolute Gasteiger partial charge is 0.370 e. The van der Waals surface area contributed by atoms with Gasteiger partial charge in [0.25, 0.3) is 5.69 Å². The van der Waals surface area contributed by atoms with Gasteiger partial charge in [-0.1, -0.05) is 23.2 Å². The molecule has 0 unspecified atom stereocenters. The van der Waals surface area contributed by atoms with Crippen molar-refractivity contribution in [1.29, 1.82) is 0 Å². The first-order valence-electron chi connectivity index (χ1n) is 5.86. The van der Waals surface area contributed by atoms with Crippen LogP contribution in [0.2, 0.25) is 10.0 Å². The second-order valence-electron chi connectivity index (χ2n) is 4.04. The smallest absolute Gasteiger partial charge is 0.275 e. The van der Waals surface area contributed by atoms with Crippen LogP contribution in [0.15, 0.2) is 30.3 Å². The van der Waals surface area contributed by atoms with Gasteiger partial charge in [-0.15, -0.1) is 0 Å². The Balaban J connectivity index is 2.56. The van der Waals surface area contributed by atoms with Crippen molar-refractivity contribution in [3.8, 4) is 11.3 Å². The van der Waals surface area contributed by atoms with Crippen LogP contribution >= 0.6 is 23.2 Å². The molecule has 0 aliphatic carbocycles. The fraction of sp³-hybridized carbons (Fsp3) is 0.154. The summed E-state index contributed by atoms with van der Waals surface area (Å²) in [7, 11) is 0. The Morgan fingerprint density at radius 1 is 1.20 bits per heavy atom. The number of nitrogens with zero attached hydrogens (tertiary/aromatic N) is 2. The van der Waals surface area contributed by atoms with Crippen LogP contribution in [-0.2, 0) is 0 Å². The Hall–Kier alpha value is -1.85. The molecule has 1 aromatic carbocycles. The van der Waals surface area contributed by atoms with E-state index in [9.17, 15) is 10.1 Å². The van der Waals surface area contributed by atoms with Crippen molar-refractivity contribution in [3.05, 3.63) is 50.5 Å². The van der Waals surface area contributed by atoms with Crippen molar-refractivity contribution in [2.75, 3.05) is 11.9 Å². The standard InChI is InChI=1S/C13H11Cl2N3O2/c1-2-16-13-7-11(18(19)20)6-12(17-13)8-3-9(14)5-10(15)4-8/h3-7H,2H2,1H3,(H,16,17). The summed E-state index contributed by atoms with van der Waals surface area (Å²) in [5.41, 5.74) is 1.03. The van der Waals surface area contributed by atoms with E-state index >= 15 is 0 Å². The van der Waals surface area contributed by atoms with Gasteiger partial charge in [0.05, 0.1) is 16.7 Å². The minimum atomic E-state index is -0.460. The van der Waals surface area contributed by atoms with Gasteiger partial charge < -0.3 is 5.32 Å². The summed E-state index contributed by atoms with van der Waals surface area (Å²) in [6, 6.07) is 7.70. The van der Waals surface area contributed by atoms with E-state index in [1.165, 1.54) is 12.1 Å². The van der Waals surface area contributed by atoms with Crippen LogP contribution in [-0.4, -0.2) is 16.5 Å². The Morgan fingerprint density at radius 3 is 2.40 bits per heavy atom. The Bertz CT molecular complexity index is 642. The molecule has 1 aromatic heterocycles. The third kappa shape index (κ3) is 3.37. The van der Waals surface area contributed by atoms with E-state index in [0.29, 0.717) is 33.7 Å². The van der Waals surface area contributed by atoms with Crippen molar-refractivity contribution >= 4 is 34.7 Å². The van der Waals surface area contributed by atoms with Gasteiger partial charge in [-0.05, 0) is 25.1 Å². The second-order valence-corrected chi connectivity index (χ2v) is 4.91. The molecule has 0 atom stereocenters. The molecule has 0 aliphatic rings. The Labute approximate surface area is 125 Å². The van der Waals surface area contributed by atoms with Gasteiger partial charge in [-0.25, -0.2) is 4.98 Å². The predicted molar refractivity (Wildman–Crippen MR) is 80.5 cm³/mol. The molecule has 0 fully saturated rings. The van der Waals surface area contributed by atoms with E-state index in [1.807, 2.05) is 6.92 Å². The molecule has 0 spiro atoms. The van der Waals surface area contributed by atoms with E-state index in [-0.39, 0.29) is 5.69 Å². The van der Waals surface area contributed by atoms with Gasteiger partial charge in [0.15, 0.2) is 0 Å². The number of anilines is 1. The van der Waals surface area contributed by atoms with Crippen LogP contribution in [0, 0.1) is 10.1 Å². The van der Waals surface area contributed by atoms with Gasteiger partial charge in [0.2, 0.25) is 0 Å². The van der Waals surface area contributed by atoms with E-state index in [1.54, 1.807) is 18.2 Å². The molecule has 0 radical (unpaired) electrons. The highest BCUT2D eigenvalue weighted by Gasteiger charge is 2.13. The molecule has 0 aliphatic heterocycles. The lowest BCUT2D eigenvalue weighted by Crippen LogP contribution is -2.01. The lowest BCUT2D eigenvalue weighted by Gasteiger charge is -2.07. The molecule has 1 heterocycles. The molecule has 2 rings (SSSR count). The zero-order chi connectivity index (χ0) is 14.7. The summed E-state index contributed by atoms with van der Waals surface area (Å²) in [5.74, 6) is 0.438. The van der Waals surface area contributed by atoms with Gasteiger partial charge in [0.1, 0.15) is 5.82 Å². The summed E-state index contributed by atoms with van der Waals surface area (Å²) in [4.78, 5) is 14.8. The Kier molecular flexibility index (Phi) is 4.42. The van der Waals surface area contributed by atoms with E-state index in [0.717, 1.165) is 0 Å². The molecule has 5 nitrogen and oxygen atoms in total. The fourth-order valence-electron chi connectivity index (χ4n) is 1.74. The molecule has 7 heteroatoms. The quantitative estimate of drug-likeness (QED) is 0.671. The molecule has 2 aromatic rings. The number of nitrogens with one attached hydrogen (secondary N) is 1. The molecule has 1 N–H and O–H groups in total. The number of pyridine rings is 1. The molecule has 0 saturated carbocycles. The van der Waals surface area contributed by atoms with Crippen LogP contribution in [0.5, 0.6) is 0 Å². The van der Waals surface area contributed by atoms with Crippen molar-refractivity contribution in [2.45, 2.75) is 6.92 Å². The van der Waals surface area contributed by atoms with Crippen LogP contribution in [0.4, 0.5) is 11.5 Å². The third-order valence-electron chi connectivity index (χ3n) is 2.54. The highest BCUT2D eigenvalue weighted by molar-refractivity contribution is 6.35. The molecular formula is C13H11Cl2N3O2. The first-order chi connectivity index (χ1) is 9.49. The Morgan fingerprint density at radius 2 is 1.85 bits per heavy atom. The zero-order valence-corrected chi connectivity index (χ0v) is 12.1. The number of nitro groups is 1. The fourth-order valence-corrected chi connectivity index (χ4v) is 2.27. The maximum atomic E-state index is 11.0. The molecule has 0 saturated heterocycles. The van der Waals surface area contributed by atoms with E-state index < -0.39 is 4.92 Å². The van der Waals surface area contributed by atoms with Crippen LogP contribution in [0.25, 0.3) is 11.3 Å². The topological polar surface area (TPSA) is 68.1 Å². The van der Waals surface area contributed by atoms with Crippen molar-refractivity contribution in [2.24, 2.45) is 0 Å². The zero-order valence-electron chi connectivity index (χ0n) is 10.6. The average Bonchev–Trinajstić information content (AvgIpc) is 2.37. The van der Waals surface area contributed by atoms with Crippen molar-refractivity contribution in [1.82, 2.24) is 4.98 Å². The lowest BCUT2D eigenvalue weighted by atomic mass is 10.1. The van der Waals surface area contributed by atoms with Crippen LogP contribution in [0.3, 0.4) is 0 Å².